The Hall–Kier alpha value is -4.02. The third-order valence-electron chi connectivity index (χ3n) is 6.97. The van der Waals surface area contributed by atoms with Crippen molar-refractivity contribution in [3.05, 3.63) is 71.6 Å². The van der Waals surface area contributed by atoms with Crippen LogP contribution in [0.2, 0.25) is 0 Å². The van der Waals surface area contributed by atoms with Crippen molar-refractivity contribution in [3.63, 3.8) is 0 Å². The van der Waals surface area contributed by atoms with Crippen LogP contribution in [-0.2, 0) is 0 Å². The molecule has 37 heavy (non-hydrogen) atoms. The molecule has 0 bridgehead atoms. The molecule has 3 atom stereocenters. The lowest BCUT2D eigenvalue weighted by molar-refractivity contribution is -0.274. The lowest BCUT2D eigenvalue weighted by atomic mass is 9.81. The number of ether oxygens (including phenoxy) is 1. The van der Waals surface area contributed by atoms with Gasteiger partial charge < -0.3 is 24.1 Å². The Morgan fingerprint density at radius 3 is 2.54 bits per heavy atom. The SMILES string of the molecule is CCN(c1nc(C(=O)O)co1)C1c2ccccc2N(C(=O)c2ccc(OC(F)(F)F)cc2)C2CCCC12. The first-order valence-corrected chi connectivity index (χ1v) is 11.9. The Labute approximate surface area is 210 Å². The van der Waals surface area contributed by atoms with Crippen LogP contribution < -0.4 is 14.5 Å². The predicted molar refractivity (Wildman–Crippen MR) is 127 cm³/mol. The molecule has 0 radical (unpaired) electrons. The van der Waals surface area contributed by atoms with Gasteiger partial charge in [-0.15, -0.1) is 13.2 Å². The van der Waals surface area contributed by atoms with Crippen molar-refractivity contribution < 1.29 is 37.0 Å². The summed E-state index contributed by atoms with van der Waals surface area (Å²) in [5, 5.41) is 9.30. The number of carboxylic acids is 1. The van der Waals surface area contributed by atoms with Gasteiger partial charge in [0.2, 0.25) is 0 Å². The van der Waals surface area contributed by atoms with Crippen molar-refractivity contribution in [2.45, 2.75) is 44.6 Å². The molecule has 2 aliphatic rings. The Morgan fingerprint density at radius 1 is 1.16 bits per heavy atom. The second-order valence-corrected chi connectivity index (χ2v) is 9.02. The third-order valence-corrected chi connectivity index (χ3v) is 6.97. The van der Waals surface area contributed by atoms with E-state index in [0.29, 0.717) is 12.2 Å². The van der Waals surface area contributed by atoms with Gasteiger partial charge in [0.15, 0.2) is 5.69 Å². The maximum Gasteiger partial charge on any atom is 0.573 e. The zero-order chi connectivity index (χ0) is 26.3. The Morgan fingerprint density at radius 2 is 1.89 bits per heavy atom. The summed E-state index contributed by atoms with van der Waals surface area (Å²) in [6.07, 6.45) is -1.24. The van der Waals surface area contributed by atoms with Gasteiger partial charge in [0, 0.05) is 29.8 Å². The molecular formula is C26H24F3N3O5. The highest BCUT2D eigenvalue weighted by molar-refractivity contribution is 6.07. The molecule has 1 fully saturated rings. The summed E-state index contributed by atoms with van der Waals surface area (Å²) in [4.78, 5) is 33.0. The average Bonchev–Trinajstić information content (AvgIpc) is 3.54. The van der Waals surface area contributed by atoms with Gasteiger partial charge in [-0.2, -0.15) is 4.98 Å². The smallest absolute Gasteiger partial charge is 0.476 e. The highest BCUT2D eigenvalue weighted by Crippen LogP contribution is 2.51. The quantitative estimate of drug-likeness (QED) is 0.452. The van der Waals surface area contributed by atoms with Gasteiger partial charge in [-0.25, -0.2) is 4.79 Å². The number of hydrogen-bond acceptors (Lipinski definition) is 6. The Bertz CT molecular complexity index is 1310. The van der Waals surface area contributed by atoms with E-state index in [1.54, 1.807) is 4.90 Å². The van der Waals surface area contributed by atoms with Gasteiger partial charge in [0.1, 0.15) is 12.0 Å². The van der Waals surface area contributed by atoms with E-state index in [1.165, 1.54) is 12.1 Å². The topological polar surface area (TPSA) is 96.1 Å². The summed E-state index contributed by atoms with van der Waals surface area (Å²) in [6, 6.07) is 12.2. The highest BCUT2D eigenvalue weighted by atomic mass is 19.4. The number of amides is 1. The second-order valence-electron chi connectivity index (χ2n) is 9.02. The molecule has 1 aliphatic carbocycles. The van der Waals surface area contributed by atoms with E-state index >= 15 is 0 Å². The minimum absolute atomic E-state index is 0.00631. The normalized spacial score (nSPS) is 20.8. The lowest BCUT2D eigenvalue weighted by Crippen LogP contribution is -2.51. The highest BCUT2D eigenvalue weighted by Gasteiger charge is 2.48. The summed E-state index contributed by atoms with van der Waals surface area (Å²) < 4.78 is 47.2. The predicted octanol–water partition coefficient (Wildman–Crippen LogP) is 5.67. The Balaban J connectivity index is 1.52. The number of rotatable bonds is 6. The number of para-hydroxylation sites is 1. The maximum absolute atomic E-state index is 13.7. The lowest BCUT2D eigenvalue weighted by Gasteiger charge is -2.47. The number of carbonyl (C=O) groups excluding carboxylic acids is 1. The summed E-state index contributed by atoms with van der Waals surface area (Å²) in [5.74, 6) is -1.88. The first-order chi connectivity index (χ1) is 17.7. The van der Waals surface area contributed by atoms with E-state index in [9.17, 15) is 27.9 Å². The standard InChI is InChI=1S/C26H24F3N3O5/c1-2-31(25-30-19(14-36-25)24(34)35)22-17-6-3-4-8-20(17)32(21-9-5-7-18(21)22)23(33)15-10-12-16(13-11-15)37-26(27,28)29/h3-4,6,8,10-14,18,21-22H,2,5,7,9H2,1H3,(H,34,35). The molecule has 2 aromatic carbocycles. The molecule has 0 spiro atoms. The molecule has 1 aliphatic heterocycles. The zero-order valence-corrected chi connectivity index (χ0v) is 19.8. The fourth-order valence-corrected chi connectivity index (χ4v) is 5.57. The number of hydrogen-bond donors (Lipinski definition) is 1. The van der Waals surface area contributed by atoms with E-state index in [4.69, 9.17) is 4.42 Å². The molecule has 1 saturated carbocycles. The summed E-state index contributed by atoms with van der Waals surface area (Å²) in [7, 11) is 0. The monoisotopic (exact) mass is 515 g/mol. The van der Waals surface area contributed by atoms with Crippen LogP contribution in [0.3, 0.4) is 0 Å². The number of nitrogens with zero attached hydrogens (tertiary/aromatic N) is 3. The van der Waals surface area contributed by atoms with Gasteiger partial charge >= 0.3 is 12.3 Å². The maximum atomic E-state index is 13.7. The molecule has 1 aromatic heterocycles. The van der Waals surface area contributed by atoms with Gasteiger partial charge in [-0.1, -0.05) is 24.6 Å². The first kappa shape index (κ1) is 24.7. The molecule has 8 nitrogen and oxygen atoms in total. The van der Waals surface area contributed by atoms with E-state index in [-0.39, 0.29) is 41.2 Å². The van der Waals surface area contributed by atoms with Crippen molar-refractivity contribution >= 4 is 23.6 Å². The third kappa shape index (κ3) is 4.61. The van der Waals surface area contributed by atoms with Crippen molar-refractivity contribution in [3.8, 4) is 5.75 Å². The molecule has 194 valence electrons. The molecule has 0 saturated heterocycles. The molecule has 3 unspecified atom stereocenters. The van der Waals surface area contributed by atoms with Crippen molar-refractivity contribution in [2.75, 3.05) is 16.3 Å². The van der Waals surface area contributed by atoms with E-state index < -0.39 is 18.1 Å². The van der Waals surface area contributed by atoms with Gasteiger partial charge in [-0.05, 0) is 55.7 Å². The summed E-state index contributed by atoms with van der Waals surface area (Å²) >= 11 is 0. The van der Waals surface area contributed by atoms with Crippen LogP contribution >= 0.6 is 0 Å². The van der Waals surface area contributed by atoms with Gasteiger partial charge in [-0.3, -0.25) is 4.79 Å². The van der Waals surface area contributed by atoms with Crippen molar-refractivity contribution in [1.29, 1.82) is 0 Å². The average molecular weight is 515 g/mol. The minimum Gasteiger partial charge on any atom is -0.476 e. The molecule has 5 rings (SSSR count). The zero-order valence-electron chi connectivity index (χ0n) is 19.8. The molecular weight excluding hydrogens is 491 g/mol. The molecule has 2 heterocycles. The van der Waals surface area contributed by atoms with Crippen LogP contribution in [0.25, 0.3) is 0 Å². The van der Waals surface area contributed by atoms with Gasteiger partial charge in [0.25, 0.3) is 11.9 Å². The number of halogens is 3. The summed E-state index contributed by atoms with van der Waals surface area (Å²) in [6.45, 7) is 2.43. The number of aromatic nitrogens is 1. The summed E-state index contributed by atoms with van der Waals surface area (Å²) in [5.41, 5.74) is 1.63. The van der Waals surface area contributed by atoms with Crippen LogP contribution in [0.5, 0.6) is 5.75 Å². The fraction of sp³-hybridized carbons (Fsp3) is 0.346. The Kier molecular flexibility index (Phi) is 6.30. The van der Waals surface area contributed by atoms with Crippen LogP contribution in [0.15, 0.2) is 59.2 Å². The largest absolute Gasteiger partial charge is 0.573 e. The minimum atomic E-state index is -4.82. The number of aromatic carboxylic acids is 1. The van der Waals surface area contributed by atoms with Crippen molar-refractivity contribution in [1.82, 2.24) is 4.98 Å². The van der Waals surface area contributed by atoms with E-state index in [2.05, 4.69) is 9.72 Å². The number of carbonyl (C=O) groups is 2. The fourth-order valence-electron chi connectivity index (χ4n) is 5.57. The van der Waals surface area contributed by atoms with Gasteiger partial charge in [0.05, 0.1) is 6.04 Å². The first-order valence-electron chi connectivity index (χ1n) is 11.9. The molecule has 3 aromatic rings. The van der Waals surface area contributed by atoms with Crippen molar-refractivity contribution in [2.24, 2.45) is 5.92 Å². The van der Waals surface area contributed by atoms with Crippen LogP contribution in [0.1, 0.15) is 58.6 Å². The van der Waals surface area contributed by atoms with Crippen LogP contribution in [0.4, 0.5) is 24.9 Å². The number of alkyl halides is 3. The molecule has 1 N–H and O–H groups in total. The number of benzene rings is 2. The number of fused-ring (bicyclic) bond motifs is 2. The molecule has 11 heteroatoms. The van der Waals surface area contributed by atoms with E-state index in [1.807, 2.05) is 36.1 Å². The number of oxazole rings is 1. The number of carboxylic acid groups (broad SMARTS) is 1. The second kappa shape index (κ2) is 9.45. The van der Waals surface area contributed by atoms with Crippen LogP contribution in [0, 0.1) is 5.92 Å². The number of anilines is 2. The molecule has 1 amide bonds. The van der Waals surface area contributed by atoms with E-state index in [0.717, 1.165) is 43.2 Å². The van der Waals surface area contributed by atoms with Crippen LogP contribution in [-0.4, -0.2) is 40.9 Å².